The molecular formula is C9H7FN2O2S. The lowest BCUT2D eigenvalue weighted by Crippen LogP contribution is -2.16. The molecule has 0 aliphatic carbocycles. The lowest BCUT2D eigenvalue weighted by Gasteiger charge is -1.88. The van der Waals surface area contributed by atoms with Crippen molar-refractivity contribution >= 4 is 17.2 Å². The van der Waals surface area contributed by atoms with Gasteiger partial charge in [0.2, 0.25) is 5.76 Å². The van der Waals surface area contributed by atoms with Crippen LogP contribution in [0.1, 0.15) is 10.6 Å². The van der Waals surface area contributed by atoms with Crippen LogP contribution in [0.3, 0.4) is 0 Å². The molecule has 0 aromatic carbocycles. The molecule has 6 heteroatoms. The highest BCUT2D eigenvalue weighted by Crippen LogP contribution is 2.26. The summed E-state index contributed by atoms with van der Waals surface area (Å²) >= 11 is 0.953. The SMILES string of the molecule is CNC(=O)c1cc(-c2ccc(F)s2)no1. The molecule has 0 spiro atoms. The maximum atomic E-state index is 12.7. The molecular weight excluding hydrogens is 219 g/mol. The summed E-state index contributed by atoms with van der Waals surface area (Å²) in [6.45, 7) is 0. The van der Waals surface area contributed by atoms with Crippen LogP contribution >= 0.6 is 11.3 Å². The van der Waals surface area contributed by atoms with Crippen molar-refractivity contribution in [3.63, 3.8) is 0 Å². The third-order valence-electron chi connectivity index (χ3n) is 1.79. The Kier molecular flexibility index (Phi) is 2.51. The van der Waals surface area contributed by atoms with Crippen LogP contribution in [0.5, 0.6) is 0 Å². The van der Waals surface area contributed by atoms with E-state index in [0.717, 1.165) is 11.3 Å². The summed E-state index contributed by atoms with van der Waals surface area (Å²) < 4.78 is 17.5. The van der Waals surface area contributed by atoms with Crippen LogP contribution in [0.15, 0.2) is 22.7 Å². The number of rotatable bonds is 2. The zero-order valence-corrected chi connectivity index (χ0v) is 8.60. The molecule has 0 fully saturated rings. The highest BCUT2D eigenvalue weighted by molar-refractivity contribution is 7.13. The number of halogens is 1. The zero-order valence-electron chi connectivity index (χ0n) is 7.78. The molecule has 1 amide bonds. The van der Waals surface area contributed by atoms with Crippen LogP contribution < -0.4 is 5.32 Å². The quantitative estimate of drug-likeness (QED) is 0.850. The van der Waals surface area contributed by atoms with Crippen molar-refractivity contribution in [2.24, 2.45) is 0 Å². The van der Waals surface area contributed by atoms with Crippen LogP contribution in [0.25, 0.3) is 10.6 Å². The van der Waals surface area contributed by atoms with E-state index in [4.69, 9.17) is 4.52 Å². The highest BCUT2D eigenvalue weighted by Gasteiger charge is 2.13. The molecule has 0 aliphatic heterocycles. The van der Waals surface area contributed by atoms with Gasteiger partial charge in [-0.3, -0.25) is 4.79 Å². The first kappa shape index (κ1) is 9.85. The molecule has 78 valence electrons. The van der Waals surface area contributed by atoms with Crippen molar-refractivity contribution in [3.05, 3.63) is 29.1 Å². The number of nitrogens with one attached hydrogen (secondary N) is 1. The van der Waals surface area contributed by atoms with E-state index in [-0.39, 0.29) is 16.8 Å². The smallest absolute Gasteiger partial charge is 0.289 e. The van der Waals surface area contributed by atoms with E-state index in [1.165, 1.54) is 19.2 Å². The molecule has 4 nitrogen and oxygen atoms in total. The van der Waals surface area contributed by atoms with Crippen LogP contribution in [0, 0.1) is 5.13 Å². The molecule has 0 saturated carbocycles. The Morgan fingerprint density at radius 2 is 2.40 bits per heavy atom. The number of carbonyl (C=O) groups excluding carboxylic acids is 1. The Morgan fingerprint density at radius 3 is 3.00 bits per heavy atom. The first-order valence-corrected chi connectivity index (χ1v) is 4.97. The van der Waals surface area contributed by atoms with E-state index in [1.807, 2.05) is 0 Å². The fraction of sp³-hybridized carbons (Fsp3) is 0.111. The second kappa shape index (κ2) is 3.82. The van der Waals surface area contributed by atoms with Gasteiger partial charge in [0.15, 0.2) is 5.13 Å². The maximum Gasteiger partial charge on any atom is 0.289 e. The average Bonchev–Trinajstić information content (AvgIpc) is 2.84. The van der Waals surface area contributed by atoms with Gasteiger partial charge in [-0.2, -0.15) is 4.39 Å². The molecule has 2 rings (SSSR count). The second-order valence-corrected chi connectivity index (χ2v) is 3.79. The van der Waals surface area contributed by atoms with Crippen LogP contribution in [0.4, 0.5) is 4.39 Å². The molecule has 1 N–H and O–H groups in total. The largest absolute Gasteiger partial charge is 0.352 e. The van der Waals surface area contributed by atoms with Gasteiger partial charge in [-0.25, -0.2) is 0 Å². The van der Waals surface area contributed by atoms with Crippen molar-refractivity contribution in [2.45, 2.75) is 0 Å². The molecule has 0 unspecified atom stereocenters. The Bertz CT molecular complexity index is 492. The monoisotopic (exact) mass is 226 g/mol. The minimum Gasteiger partial charge on any atom is -0.352 e. The molecule has 2 heterocycles. The van der Waals surface area contributed by atoms with Crippen LogP contribution in [-0.2, 0) is 0 Å². The third-order valence-corrected chi connectivity index (χ3v) is 2.68. The summed E-state index contributed by atoms with van der Waals surface area (Å²) in [5.74, 6) is -0.243. The molecule has 2 aromatic heterocycles. The van der Waals surface area contributed by atoms with E-state index in [2.05, 4.69) is 10.5 Å². The molecule has 0 aliphatic rings. The summed E-state index contributed by atoms with van der Waals surface area (Å²) in [6, 6.07) is 4.41. The third kappa shape index (κ3) is 1.89. The van der Waals surface area contributed by atoms with Crippen molar-refractivity contribution < 1.29 is 13.7 Å². The Labute approximate surface area is 88.7 Å². The molecule has 2 aromatic rings. The zero-order chi connectivity index (χ0) is 10.8. The number of aromatic nitrogens is 1. The average molecular weight is 226 g/mol. The van der Waals surface area contributed by atoms with Gasteiger partial charge in [-0.05, 0) is 12.1 Å². The topological polar surface area (TPSA) is 55.1 Å². The summed E-state index contributed by atoms with van der Waals surface area (Å²) in [7, 11) is 1.50. The van der Waals surface area contributed by atoms with E-state index >= 15 is 0 Å². The predicted octanol–water partition coefficient (Wildman–Crippen LogP) is 1.90. The molecule has 0 bridgehead atoms. The van der Waals surface area contributed by atoms with E-state index in [1.54, 1.807) is 6.07 Å². The molecule has 0 radical (unpaired) electrons. The van der Waals surface area contributed by atoms with E-state index < -0.39 is 0 Å². The van der Waals surface area contributed by atoms with Gasteiger partial charge in [0.05, 0.1) is 4.88 Å². The van der Waals surface area contributed by atoms with Gasteiger partial charge in [0, 0.05) is 13.1 Å². The van der Waals surface area contributed by atoms with E-state index in [0.29, 0.717) is 10.6 Å². The molecule has 0 atom stereocenters. The summed E-state index contributed by atoms with van der Waals surface area (Å²) in [5, 5.41) is 5.79. The van der Waals surface area contributed by atoms with Gasteiger partial charge in [0.1, 0.15) is 5.69 Å². The van der Waals surface area contributed by atoms with Crippen LogP contribution in [-0.4, -0.2) is 18.1 Å². The Hall–Kier alpha value is -1.69. The lowest BCUT2D eigenvalue weighted by molar-refractivity contribution is 0.0926. The lowest BCUT2D eigenvalue weighted by atomic mass is 10.3. The van der Waals surface area contributed by atoms with Crippen LogP contribution in [0.2, 0.25) is 0 Å². The first-order valence-electron chi connectivity index (χ1n) is 4.15. The van der Waals surface area contributed by atoms with Gasteiger partial charge < -0.3 is 9.84 Å². The Balaban J connectivity index is 2.31. The number of hydrogen-bond donors (Lipinski definition) is 1. The predicted molar refractivity (Wildman–Crippen MR) is 53.2 cm³/mol. The van der Waals surface area contributed by atoms with Crippen molar-refractivity contribution in [2.75, 3.05) is 7.05 Å². The fourth-order valence-corrected chi connectivity index (χ4v) is 1.76. The minimum absolute atomic E-state index is 0.112. The summed E-state index contributed by atoms with van der Waals surface area (Å²) in [6.07, 6.45) is 0. The first-order chi connectivity index (χ1) is 7.20. The van der Waals surface area contributed by atoms with Crippen molar-refractivity contribution in [3.8, 4) is 10.6 Å². The fourth-order valence-electron chi connectivity index (χ4n) is 1.07. The summed E-state index contributed by atoms with van der Waals surface area (Å²) in [4.78, 5) is 11.8. The number of nitrogens with zero attached hydrogens (tertiary/aromatic N) is 1. The van der Waals surface area contributed by atoms with Crippen molar-refractivity contribution in [1.82, 2.24) is 10.5 Å². The summed E-state index contributed by atoms with van der Waals surface area (Å²) in [5.41, 5.74) is 0.461. The number of amides is 1. The van der Waals surface area contributed by atoms with Gasteiger partial charge in [0.25, 0.3) is 5.91 Å². The minimum atomic E-state index is -0.356. The molecule has 0 saturated heterocycles. The second-order valence-electron chi connectivity index (χ2n) is 2.76. The maximum absolute atomic E-state index is 12.7. The number of carbonyl (C=O) groups is 1. The van der Waals surface area contributed by atoms with Gasteiger partial charge >= 0.3 is 0 Å². The molecule has 15 heavy (non-hydrogen) atoms. The van der Waals surface area contributed by atoms with E-state index in [9.17, 15) is 9.18 Å². The van der Waals surface area contributed by atoms with Gasteiger partial charge in [-0.15, -0.1) is 11.3 Å². The highest BCUT2D eigenvalue weighted by atomic mass is 32.1. The van der Waals surface area contributed by atoms with Crippen molar-refractivity contribution in [1.29, 1.82) is 0 Å². The standard InChI is InChI=1S/C9H7FN2O2S/c1-11-9(13)6-4-5(12-14-6)7-2-3-8(10)15-7/h2-4H,1H3,(H,11,13). The Morgan fingerprint density at radius 1 is 1.60 bits per heavy atom. The normalized spacial score (nSPS) is 10.3. The number of hydrogen-bond acceptors (Lipinski definition) is 4. The number of thiophene rings is 1. The van der Waals surface area contributed by atoms with Gasteiger partial charge in [-0.1, -0.05) is 5.16 Å².